The van der Waals surface area contributed by atoms with Crippen LogP contribution in [0.5, 0.6) is 0 Å². The molecule has 2 aromatic rings. The van der Waals surface area contributed by atoms with Crippen LogP contribution in [0.1, 0.15) is 43.5 Å². The Kier molecular flexibility index (Phi) is 4.35. The van der Waals surface area contributed by atoms with E-state index >= 15 is 0 Å². The maximum absolute atomic E-state index is 12.1. The average Bonchev–Trinajstić information content (AvgIpc) is 3.36. The molecular weight excluding hydrogens is 318 g/mol. The Morgan fingerprint density at radius 2 is 1.72 bits per heavy atom. The molecular formula is C17H23N7O. The molecule has 2 aromatic heterocycles. The van der Waals surface area contributed by atoms with Crippen LogP contribution in [0.2, 0.25) is 0 Å². The van der Waals surface area contributed by atoms with Gasteiger partial charge in [0.25, 0.3) is 0 Å². The molecule has 132 valence electrons. The molecule has 8 heteroatoms. The molecule has 1 aliphatic carbocycles. The zero-order chi connectivity index (χ0) is 17.2. The van der Waals surface area contributed by atoms with Crippen LogP contribution in [0, 0.1) is 0 Å². The number of anilines is 2. The van der Waals surface area contributed by atoms with E-state index in [4.69, 9.17) is 0 Å². The van der Waals surface area contributed by atoms with Crippen LogP contribution in [-0.2, 0) is 0 Å². The molecule has 0 radical (unpaired) electrons. The highest BCUT2D eigenvalue weighted by Gasteiger charge is 2.26. The minimum absolute atomic E-state index is 0.314. The molecule has 1 saturated carbocycles. The number of hydrogen-bond acceptors (Lipinski definition) is 5. The predicted molar refractivity (Wildman–Crippen MR) is 94.6 cm³/mol. The number of carbonyl (C=O) groups is 1. The van der Waals surface area contributed by atoms with Crippen LogP contribution in [-0.4, -0.2) is 50.8 Å². The van der Waals surface area contributed by atoms with Crippen molar-refractivity contribution < 1.29 is 4.79 Å². The van der Waals surface area contributed by atoms with Gasteiger partial charge in [0.15, 0.2) is 0 Å². The van der Waals surface area contributed by atoms with Crippen molar-refractivity contribution in [3.63, 3.8) is 0 Å². The van der Waals surface area contributed by atoms with E-state index < -0.39 is 0 Å². The third kappa shape index (κ3) is 3.96. The first-order chi connectivity index (χ1) is 12.2. The second kappa shape index (κ2) is 6.79. The summed E-state index contributed by atoms with van der Waals surface area (Å²) in [6, 6.07) is 0.0869. The Labute approximate surface area is 146 Å². The number of amides is 2. The molecule has 25 heavy (non-hydrogen) atoms. The molecule has 0 atom stereocenters. The maximum atomic E-state index is 12.1. The van der Waals surface area contributed by atoms with Crippen molar-refractivity contribution in [2.45, 2.75) is 37.6 Å². The van der Waals surface area contributed by atoms with E-state index in [1.807, 2.05) is 10.9 Å². The lowest BCUT2D eigenvalue weighted by molar-refractivity contribution is 0.212. The van der Waals surface area contributed by atoms with E-state index in [1.54, 1.807) is 18.6 Å². The van der Waals surface area contributed by atoms with Crippen LogP contribution >= 0.6 is 0 Å². The van der Waals surface area contributed by atoms with Crippen molar-refractivity contribution in [1.29, 1.82) is 0 Å². The van der Waals surface area contributed by atoms with E-state index in [2.05, 4.69) is 37.6 Å². The summed E-state index contributed by atoms with van der Waals surface area (Å²) in [5.74, 6) is 1.37. The lowest BCUT2D eigenvalue weighted by Gasteiger charge is -2.28. The first-order valence-corrected chi connectivity index (χ1v) is 8.80. The predicted octanol–water partition coefficient (Wildman–Crippen LogP) is 2.46. The van der Waals surface area contributed by atoms with Gasteiger partial charge in [-0.1, -0.05) is 0 Å². The number of hydrogen-bond donors (Lipinski definition) is 2. The van der Waals surface area contributed by atoms with Gasteiger partial charge in [0.05, 0.1) is 36.0 Å². The number of piperidine rings is 1. The highest BCUT2D eigenvalue weighted by molar-refractivity contribution is 5.99. The van der Waals surface area contributed by atoms with E-state index in [1.165, 1.54) is 0 Å². The van der Waals surface area contributed by atoms with Gasteiger partial charge in [0.1, 0.15) is 5.82 Å². The van der Waals surface area contributed by atoms with Gasteiger partial charge in [-0.15, -0.1) is 0 Å². The Hall–Kier alpha value is -2.48. The molecule has 3 heterocycles. The summed E-state index contributed by atoms with van der Waals surface area (Å²) in [7, 11) is 2.14. The zero-order valence-corrected chi connectivity index (χ0v) is 14.4. The summed E-state index contributed by atoms with van der Waals surface area (Å²) in [4.78, 5) is 23.0. The quantitative estimate of drug-likeness (QED) is 0.892. The summed E-state index contributed by atoms with van der Waals surface area (Å²) in [6.45, 7) is 2.15. The third-order valence-electron chi connectivity index (χ3n) is 4.79. The number of nitrogens with zero attached hydrogens (tertiary/aromatic N) is 5. The van der Waals surface area contributed by atoms with Gasteiger partial charge in [-0.25, -0.2) is 14.8 Å². The molecule has 2 fully saturated rings. The second-order valence-corrected chi connectivity index (χ2v) is 6.93. The fraction of sp³-hybridized carbons (Fsp3) is 0.529. The molecule has 4 rings (SSSR count). The second-order valence-electron chi connectivity index (χ2n) is 6.93. The number of urea groups is 1. The lowest BCUT2D eigenvalue weighted by Crippen LogP contribution is -2.31. The molecule has 1 aliphatic heterocycles. The van der Waals surface area contributed by atoms with Gasteiger partial charge < -0.3 is 15.5 Å². The van der Waals surface area contributed by atoms with Crippen LogP contribution in [0.25, 0.3) is 0 Å². The molecule has 0 spiro atoms. The summed E-state index contributed by atoms with van der Waals surface area (Å²) >= 11 is 0. The monoisotopic (exact) mass is 341 g/mol. The molecule has 0 bridgehead atoms. The van der Waals surface area contributed by atoms with Crippen molar-refractivity contribution in [3.05, 3.63) is 30.6 Å². The first kappa shape index (κ1) is 16.0. The van der Waals surface area contributed by atoms with E-state index in [9.17, 15) is 4.79 Å². The molecule has 2 aliphatic rings. The lowest BCUT2D eigenvalue weighted by atomic mass is 10.1. The SMILES string of the molecule is CN1CCC(n2cc(NC(=O)Nc3cnc(C4CC4)nc3)cn2)CC1. The molecule has 8 nitrogen and oxygen atoms in total. The minimum atomic E-state index is -0.314. The first-order valence-electron chi connectivity index (χ1n) is 8.80. The number of nitrogens with one attached hydrogen (secondary N) is 2. The Morgan fingerprint density at radius 3 is 2.40 bits per heavy atom. The van der Waals surface area contributed by atoms with Gasteiger partial charge in [0, 0.05) is 12.1 Å². The van der Waals surface area contributed by atoms with Crippen molar-refractivity contribution >= 4 is 17.4 Å². The summed E-state index contributed by atoms with van der Waals surface area (Å²) in [5.41, 5.74) is 1.27. The van der Waals surface area contributed by atoms with Gasteiger partial charge in [-0.05, 0) is 45.8 Å². The number of aromatic nitrogens is 4. The Bertz CT molecular complexity index is 730. The van der Waals surface area contributed by atoms with Crippen molar-refractivity contribution in [3.8, 4) is 0 Å². The average molecular weight is 341 g/mol. The number of rotatable bonds is 4. The van der Waals surface area contributed by atoms with Gasteiger partial charge in [0.2, 0.25) is 0 Å². The Balaban J connectivity index is 1.31. The van der Waals surface area contributed by atoms with Crippen LogP contribution < -0.4 is 10.6 Å². The summed E-state index contributed by atoms with van der Waals surface area (Å²) in [6.07, 6.45) is 11.4. The molecule has 1 saturated heterocycles. The largest absolute Gasteiger partial charge is 0.323 e. The van der Waals surface area contributed by atoms with Gasteiger partial charge >= 0.3 is 6.03 Å². The molecule has 0 aromatic carbocycles. The van der Waals surface area contributed by atoms with E-state index in [-0.39, 0.29) is 6.03 Å². The minimum Gasteiger partial charge on any atom is -0.306 e. The highest BCUT2D eigenvalue weighted by Crippen LogP contribution is 2.37. The molecule has 2 amide bonds. The molecule has 2 N–H and O–H groups in total. The van der Waals surface area contributed by atoms with E-state index in [0.29, 0.717) is 23.3 Å². The van der Waals surface area contributed by atoms with Crippen LogP contribution in [0.15, 0.2) is 24.8 Å². The Morgan fingerprint density at radius 1 is 1.04 bits per heavy atom. The molecule has 0 unspecified atom stereocenters. The normalized spacial score (nSPS) is 18.9. The number of carbonyl (C=O) groups excluding carboxylic acids is 1. The van der Waals surface area contributed by atoms with Crippen molar-refractivity contribution in [2.24, 2.45) is 0 Å². The van der Waals surface area contributed by atoms with Crippen molar-refractivity contribution in [2.75, 3.05) is 30.8 Å². The summed E-state index contributed by atoms with van der Waals surface area (Å²) < 4.78 is 1.95. The van der Waals surface area contributed by atoms with Gasteiger partial charge in [-0.3, -0.25) is 4.68 Å². The summed E-state index contributed by atoms with van der Waals surface area (Å²) in [5, 5.41) is 9.96. The fourth-order valence-corrected chi connectivity index (χ4v) is 3.11. The standard InChI is InChI=1S/C17H23N7O/c1-23-6-4-15(5-7-23)24-11-14(10-20-24)22-17(25)21-13-8-18-16(19-9-13)12-2-3-12/h8-12,15H,2-7H2,1H3,(H2,21,22,25). The van der Waals surface area contributed by atoms with E-state index in [0.717, 1.165) is 44.6 Å². The number of likely N-dealkylation sites (tertiary alicyclic amines) is 1. The smallest absolute Gasteiger partial charge is 0.306 e. The van der Waals surface area contributed by atoms with Gasteiger partial charge in [-0.2, -0.15) is 5.10 Å². The maximum Gasteiger partial charge on any atom is 0.323 e. The topological polar surface area (TPSA) is 88.0 Å². The fourth-order valence-electron chi connectivity index (χ4n) is 3.11. The highest BCUT2D eigenvalue weighted by atomic mass is 16.2. The zero-order valence-electron chi connectivity index (χ0n) is 14.4. The van der Waals surface area contributed by atoms with Crippen LogP contribution in [0.3, 0.4) is 0 Å². The third-order valence-corrected chi connectivity index (χ3v) is 4.79. The van der Waals surface area contributed by atoms with Crippen molar-refractivity contribution in [1.82, 2.24) is 24.6 Å². The van der Waals surface area contributed by atoms with Crippen LogP contribution in [0.4, 0.5) is 16.2 Å².